The van der Waals surface area contributed by atoms with Crippen molar-refractivity contribution < 1.29 is 9.53 Å². The van der Waals surface area contributed by atoms with E-state index in [0.717, 1.165) is 50.5 Å². The number of Topliss-reactive ketones (excluding diaryl/α,β-unsaturated/α-hetero) is 1. The van der Waals surface area contributed by atoms with Crippen molar-refractivity contribution in [3.05, 3.63) is 29.3 Å². The number of carbonyl (C=O) groups is 1. The number of nitrogens with one attached hydrogen (secondary N) is 1. The lowest BCUT2D eigenvalue weighted by atomic mass is 10.0. The summed E-state index contributed by atoms with van der Waals surface area (Å²) in [7, 11) is 0. The highest BCUT2D eigenvalue weighted by Crippen LogP contribution is 2.26. The van der Waals surface area contributed by atoms with Crippen molar-refractivity contribution in [2.75, 3.05) is 39.3 Å². The molecule has 1 aromatic rings. The zero-order chi connectivity index (χ0) is 13.1. The summed E-state index contributed by atoms with van der Waals surface area (Å²) in [6.45, 7) is 5.28. The molecule has 2 aliphatic heterocycles. The molecule has 1 N–H and O–H groups in total. The average Bonchev–Trinajstić information content (AvgIpc) is 2.87. The van der Waals surface area contributed by atoms with Gasteiger partial charge in [-0.25, -0.2) is 0 Å². The lowest BCUT2D eigenvalue weighted by molar-refractivity contribution is -0.119. The summed E-state index contributed by atoms with van der Waals surface area (Å²) in [5.74, 6) is 1.29. The Morgan fingerprint density at radius 1 is 1.32 bits per heavy atom. The smallest absolute Gasteiger partial charge is 0.151 e. The number of ketones is 1. The van der Waals surface area contributed by atoms with Gasteiger partial charge in [-0.1, -0.05) is 12.1 Å². The Morgan fingerprint density at radius 2 is 2.16 bits per heavy atom. The van der Waals surface area contributed by atoms with E-state index in [1.54, 1.807) is 0 Å². The maximum atomic E-state index is 12.1. The minimum Gasteiger partial charge on any atom is -0.493 e. The predicted molar refractivity (Wildman–Crippen MR) is 73.7 cm³/mol. The van der Waals surface area contributed by atoms with Gasteiger partial charge in [-0.05, 0) is 17.2 Å². The van der Waals surface area contributed by atoms with Crippen LogP contribution in [0, 0.1) is 0 Å². The molecule has 0 amide bonds. The quantitative estimate of drug-likeness (QED) is 0.862. The normalized spacial score (nSPS) is 18.9. The number of benzene rings is 1. The average molecular weight is 260 g/mol. The van der Waals surface area contributed by atoms with Crippen molar-refractivity contribution in [2.24, 2.45) is 0 Å². The van der Waals surface area contributed by atoms with E-state index in [-0.39, 0.29) is 0 Å². The third-order valence-corrected chi connectivity index (χ3v) is 3.76. The second-order valence-electron chi connectivity index (χ2n) is 5.28. The lowest BCUT2D eigenvalue weighted by Crippen LogP contribution is -2.45. The number of piperazine rings is 1. The van der Waals surface area contributed by atoms with Gasteiger partial charge in [0.25, 0.3) is 0 Å². The van der Waals surface area contributed by atoms with Crippen LogP contribution in [0.4, 0.5) is 0 Å². The first-order chi connectivity index (χ1) is 9.31. The number of carbonyl (C=O) groups excluding carboxylic acids is 1. The fourth-order valence-electron chi connectivity index (χ4n) is 2.75. The lowest BCUT2D eigenvalue weighted by Gasteiger charge is -2.26. The van der Waals surface area contributed by atoms with E-state index in [9.17, 15) is 4.79 Å². The summed E-state index contributed by atoms with van der Waals surface area (Å²) in [6.07, 6.45) is 1.51. The molecule has 0 spiro atoms. The number of hydrogen-bond acceptors (Lipinski definition) is 4. The molecule has 1 saturated heterocycles. The molecule has 2 aliphatic rings. The van der Waals surface area contributed by atoms with Gasteiger partial charge >= 0.3 is 0 Å². The fraction of sp³-hybridized carbons (Fsp3) is 0.533. The maximum Gasteiger partial charge on any atom is 0.151 e. The van der Waals surface area contributed by atoms with Crippen LogP contribution >= 0.6 is 0 Å². The Bertz CT molecular complexity index is 467. The molecule has 0 bridgehead atoms. The van der Waals surface area contributed by atoms with Gasteiger partial charge in [0.05, 0.1) is 13.2 Å². The van der Waals surface area contributed by atoms with E-state index in [4.69, 9.17) is 4.74 Å². The van der Waals surface area contributed by atoms with Crippen molar-refractivity contribution in [3.8, 4) is 5.75 Å². The van der Waals surface area contributed by atoms with Gasteiger partial charge < -0.3 is 10.1 Å². The summed E-state index contributed by atoms with van der Waals surface area (Å²) in [5, 5.41) is 3.30. The van der Waals surface area contributed by atoms with Crippen LogP contribution in [0.1, 0.15) is 11.1 Å². The van der Waals surface area contributed by atoms with E-state index in [1.165, 1.54) is 5.56 Å². The van der Waals surface area contributed by atoms with Crippen LogP contribution in [-0.2, 0) is 17.6 Å². The molecule has 0 radical (unpaired) electrons. The van der Waals surface area contributed by atoms with E-state index < -0.39 is 0 Å². The molecule has 0 aromatic heterocycles. The third kappa shape index (κ3) is 3.14. The zero-order valence-corrected chi connectivity index (χ0v) is 11.2. The second kappa shape index (κ2) is 5.72. The van der Waals surface area contributed by atoms with E-state index in [2.05, 4.69) is 16.3 Å². The minimum absolute atomic E-state index is 0.306. The summed E-state index contributed by atoms with van der Waals surface area (Å²) >= 11 is 0. The summed E-state index contributed by atoms with van der Waals surface area (Å²) in [5.41, 5.74) is 2.36. The van der Waals surface area contributed by atoms with Gasteiger partial charge in [-0.15, -0.1) is 0 Å². The highest BCUT2D eigenvalue weighted by atomic mass is 16.5. The largest absolute Gasteiger partial charge is 0.493 e. The number of ether oxygens (including phenoxy) is 1. The van der Waals surface area contributed by atoms with Crippen molar-refractivity contribution in [1.82, 2.24) is 10.2 Å². The van der Waals surface area contributed by atoms with Gasteiger partial charge in [0, 0.05) is 39.0 Å². The number of nitrogens with zero attached hydrogens (tertiary/aromatic N) is 1. The fourth-order valence-corrected chi connectivity index (χ4v) is 2.75. The summed E-state index contributed by atoms with van der Waals surface area (Å²) in [6, 6.07) is 6.13. The molecule has 1 fully saturated rings. The van der Waals surface area contributed by atoms with Gasteiger partial charge in [0.2, 0.25) is 0 Å². The van der Waals surface area contributed by atoms with E-state index in [1.807, 2.05) is 12.1 Å². The van der Waals surface area contributed by atoms with Crippen molar-refractivity contribution in [1.29, 1.82) is 0 Å². The molecule has 0 unspecified atom stereocenters. The van der Waals surface area contributed by atoms with Crippen LogP contribution in [0.15, 0.2) is 18.2 Å². The summed E-state index contributed by atoms with van der Waals surface area (Å²) < 4.78 is 5.48. The van der Waals surface area contributed by atoms with E-state index >= 15 is 0 Å². The van der Waals surface area contributed by atoms with Gasteiger partial charge in [-0.2, -0.15) is 0 Å². The molecular formula is C15H20N2O2. The Hall–Kier alpha value is -1.39. The maximum absolute atomic E-state index is 12.1. The molecule has 19 heavy (non-hydrogen) atoms. The Balaban J connectivity index is 1.56. The second-order valence-corrected chi connectivity index (χ2v) is 5.28. The van der Waals surface area contributed by atoms with Crippen LogP contribution in [-0.4, -0.2) is 50.0 Å². The first-order valence-corrected chi connectivity index (χ1v) is 7.00. The third-order valence-electron chi connectivity index (χ3n) is 3.76. The molecule has 3 rings (SSSR count). The predicted octanol–water partition coefficient (Wildman–Crippen LogP) is 0.638. The molecular weight excluding hydrogens is 240 g/mol. The monoisotopic (exact) mass is 260 g/mol. The molecule has 0 saturated carbocycles. The van der Waals surface area contributed by atoms with Gasteiger partial charge in [-0.3, -0.25) is 9.69 Å². The van der Waals surface area contributed by atoms with Crippen LogP contribution in [0.3, 0.4) is 0 Å². The summed E-state index contributed by atoms with van der Waals surface area (Å²) in [4.78, 5) is 14.3. The molecule has 2 heterocycles. The molecule has 1 aromatic carbocycles. The molecule has 0 aliphatic carbocycles. The SMILES string of the molecule is O=C(Cc1ccc2c(c1)CCO2)CN1CCNCC1. The van der Waals surface area contributed by atoms with Gasteiger partial charge in [0.15, 0.2) is 5.78 Å². The highest BCUT2D eigenvalue weighted by Gasteiger charge is 2.16. The van der Waals surface area contributed by atoms with Crippen molar-refractivity contribution >= 4 is 5.78 Å². The van der Waals surface area contributed by atoms with Crippen LogP contribution < -0.4 is 10.1 Å². The Morgan fingerprint density at radius 3 is 3.00 bits per heavy atom. The Labute approximate surface area is 113 Å². The number of fused-ring (bicyclic) bond motifs is 1. The topological polar surface area (TPSA) is 41.6 Å². The zero-order valence-electron chi connectivity index (χ0n) is 11.2. The number of rotatable bonds is 4. The van der Waals surface area contributed by atoms with Crippen LogP contribution in [0.5, 0.6) is 5.75 Å². The molecule has 4 nitrogen and oxygen atoms in total. The van der Waals surface area contributed by atoms with Crippen LogP contribution in [0.25, 0.3) is 0 Å². The Kier molecular flexibility index (Phi) is 3.80. The highest BCUT2D eigenvalue weighted by molar-refractivity contribution is 5.82. The molecule has 4 heteroatoms. The number of hydrogen-bond donors (Lipinski definition) is 1. The molecule has 102 valence electrons. The first kappa shape index (κ1) is 12.6. The van der Waals surface area contributed by atoms with E-state index in [0.29, 0.717) is 18.7 Å². The van der Waals surface area contributed by atoms with Crippen LogP contribution in [0.2, 0.25) is 0 Å². The van der Waals surface area contributed by atoms with Gasteiger partial charge in [0.1, 0.15) is 5.75 Å². The first-order valence-electron chi connectivity index (χ1n) is 7.00. The standard InChI is InChI=1S/C15H20N2O2/c18-14(11-17-6-4-16-5-7-17)10-12-1-2-15-13(9-12)3-8-19-15/h1-2,9,16H,3-8,10-11H2. The van der Waals surface area contributed by atoms with Crippen molar-refractivity contribution in [3.63, 3.8) is 0 Å². The van der Waals surface area contributed by atoms with Crippen molar-refractivity contribution in [2.45, 2.75) is 12.8 Å². The molecule has 0 atom stereocenters. The minimum atomic E-state index is 0.306.